The van der Waals surface area contributed by atoms with E-state index in [0.717, 1.165) is 5.56 Å². The molecule has 0 aliphatic rings. The second kappa shape index (κ2) is 8.15. The van der Waals surface area contributed by atoms with Gasteiger partial charge in [-0.3, -0.25) is 0 Å². The Hall–Kier alpha value is -3.35. The van der Waals surface area contributed by atoms with Crippen LogP contribution in [0, 0.1) is 5.82 Å². The Kier molecular flexibility index (Phi) is 5.48. The Morgan fingerprint density at radius 2 is 1.92 bits per heavy atom. The normalized spacial score (nSPS) is 10.4. The SMILES string of the molecule is COc1cccc(-c2cc(COC(=O)COc3ccc(F)cc3)no2)c1. The maximum atomic E-state index is 12.8. The molecule has 1 aromatic heterocycles. The lowest BCUT2D eigenvalue weighted by atomic mass is 10.1. The van der Waals surface area contributed by atoms with Crippen molar-refractivity contribution in [3.63, 3.8) is 0 Å². The zero-order valence-corrected chi connectivity index (χ0v) is 14.0. The maximum Gasteiger partial charge on any atom is 0.344 e. The van der Waals surface area contributed by atoms with Crippen molar-refractivity contribution >= 4 is 5.97 Å². The second-order valence-electron chi connectivity index (χ2n) is 5.32. The zero-order chi connectivity index (χ0) is 18.4. The quantitative estimate of drug-likeness (QED) is 0.602. The lowest BCUT2D eigenvalue weighted by Crippen LogP contribution is -2.14. The van der Waals surface area contributed by atoms with Gasteiger partial charge < -0.3 is 18.7 Å². The minimum absolute atomic E-state index is 0.0426. The maximum absolute atomic E-state index is 12.8. The smallest absolute Gasteiger partial charge is 0.344 e. The molecule has 0 saturated heterocycles. The summed E-state index contributed by atoms with van der Waals surface area (Å²) in [7, 11) is 1.58. The minimum Gasteiger partial charge on any atom is -0.497 e. The van der Waals surface area contributed by atoms with Crippen LogP contribution in [0.5, 0.6) is 11.5 Å². The van der Waals surface area contributed by atoms with Gasteiger partial charge in [0.1, 0.15) is 29.6 Å². The first kappa shape index (κ1) is 17.5. The molecule has 0 saturated carbocycles. The third kappa shape index (κ3) is 4.60. The molecule has 0 atom stereocenters. The summed E-state index contributed by atoms with van der Waals surface area (Å²) in [5.41, 5.74) is 1.27. The number of benzene rings is 2. The van der Waals surface area contributed by atoms with Gasteiger partial charge in [0.15, 0.2) is 12.4 Å². The zero-order valence-electron chi connectivity index (χ0n) is 14.0. The van der Waals surface area contributed by atoms with Crippen LogP contribution in [0.25, 0.3) is 11.3 Å². The van der Waals surface area contributed by atoms with Crippen LogP contribution in [0.2, 0.25) is 0 Å². The largest absolute Gasteiger partial charge is 0.497 e. The molecular formula is C19H16FNO5. The van der Waals surface area contributed by atoms with E-state index in [-0.39, 0.29) is 19.0 Å². The summed E-state index contributed by atoms with van der Waals surface area (Å²) >= 11 is 0. The molecule has 0 aliphatic heterocycles. The molecule has 0 unspecified atom stereocenters. The first-order valence-electron chi connectivity index (χ1n) is 7.78. The third-order valence-corrected chi connectivity index (χ3v) is 3.46. The van der Waals surface area contributed by atoms with E-state index in [0.29, 0.717) is 23.0 Å². The topological polar surface area (TPSA) is 70.8 Å². The summed E-state index contributed by atoms with van der Waals surface area (Å²) in [5, 5.41) is 3.87. The predicted molar refractivity (Wildman–Crippen MR) is 90.2 cm³/mol. The second-order valence-corrected chi connectivity index (χ2v) is 5.32. The van der Waals surface area contributed by atoms with Crippen LogP contribution in [-0.4, -0.2) is 24.8 Å². The molecule has 26 heavy (non-hydrogen) atoms. The van der Waals surface area contributed by atoms with Crippen molar-refractivity contribution in [3.8, 4) is 22.8 Å². The number of ether oxygens (including phenoxy) is 3. The Morgan fingerprint density at radius 3 is 2.69 bits per heavy atom. The number of carbonyl (C=O) groups excluding carboxylic acids is 1. The van der Waals surface area contributed by atoms with Crippen LogP contribution in [-0.2, 0) is 16.1 Å². The molecule has 0 N–H and O–H groups in total. The molecule has 3 aromatic rings. The van der Waals surface area contributed by atoms with Gasteiger partial charge in [-0.05, 0) is 36.4 Å². The number of aromatic nitrogens is 1. The molecule has 2 aromatic carbocycles. The van der Waals surface area contributed by atoms with Crippen molar-refractivity contribution in [3.05, 3.63) is 66.1 Å². The fourth-order valence-electron chi connectivity index (χ4n) is 2.16. The van der Waals surface area contributed by atoms with Crippen LogP contribution in [0.4, 0.5) is 4.39 Å². The molecular weight excluding hydrogens is 341 g/mol. The number of rotatable bonds is 7. The van der Waals surface area contributed by atoms with E-state index in [2.05, 4.69) is 5.16 Å². The minimum atomic E-state index is -0.569. The van der Waals surface area contributed by atoms with Crippen LogP contribution in [0.1, 0.15) is 5.69 Å². The number of hydrogen-bond acceptors (Lipinski definition) is 6. The van der Waals surface area contributed by atoms with Crippen molar-refractivity contribution in [1.29, 1.82) is 0 Å². The molecule has 0 aliphatic carbocycles. The number of nitrogens with zero attached hydrogens (tertiary/aromatic N) is 1. The fraction of sp³-hybridized carbons (Fsp3) is 0.158. The molecule has 0 radical (unpaired) electrons. The highest BCUT2D eigenvalue weighted by molar-refractivity contribution is 5.71. The van der Waals surface area contributed by atoms with Gasteiger partial charge in [-0.25, -0.2) is 9.18 Å². The van der Waals surface area contributed by atoms with Gasteiger partial charge >= 0.3 is 5.97 Å². The Morgan fingerprint density at radius 1 is 1.12 bits per heavy atom. The number of hydrogen-bond donors (Lipinski definition) is 0. The van der Waals surface area contributed by atoms with Crippen molar-refractivity contribution in [2.24, 2.45) is 0 Å². The highest BCUT2D eigenvalue weighted by Gasteiger charge is 2.11. The average Bonchev–Trinajstić information content (AvgIpc) is 3.15. The van der Waals surface area contributed by atoms with Gasteiger partial charge in [-0.2, -0.15) is 0 Å². The van der Waals surface area contributed by atoms with Crippen molar-refractivity contribution in [1.82, 2.24) is 5.16 Å². The predicted octanol–water partition coefficient (Wildman–Crippen LogP) is 3.61. The van der Waals surface area contributed by atoms with Gasteiger partial charge in [0.2, 0.25) is 0 Å². The summed E-state index contributed by atoms with van der Waals surface area (Å²) in [5.74, 6) is 0.672. The Balaban J connectivity index is 1.51. The molecule has 0 fully saturated rings. The van der Waals surface area contributed by atoms with E-state index in [1.165, 1.54) is 24.3 Å². The van der Waals surface area contributed by atoms with Gasteiger partial charge in [0.05, 0.1) is 7.11 Å². The standard InChI is InChI=1S/C19H16FNO5/c1-23-17-4-2-3-13(9-17)18-10-15(21-26-18)11-25-19(22)12-24-16-7-5-14(20)6-8-16/h2-10H,11-12H2,1H3. The van der Waals surface area contributed by atoms with E-state index in [1.807, 2.05) is 24.3 Å². The lowest BCUT2D eigenvalue weighted by molar-refractivity contribution is -0.147. The van der Waals surface area contributed by atoms with Crippen LogP contribution in [0.15, 0.2) is 59.1 Å². The molecule has 1 heterocycles. The highest BCUT2D eigenvalue weighted by atomic mass is 19.1. The van der Waals surface area contributed by atoms with Crippen LogP contribution < -0.4 is 9.47 Å². The van der Waals surface area contributed by atoms with Crippen molar-refractivity contribution < 1.29 is 27.9 Å². The molecule has 0 amide bonds. The first-order chi connectivity index (χ1) is 12.6. The number of methoxy groups -OCH3 is 1. The first-order valence-corrected chi connectivity index (χ1v) is 7.78. The van der Waals surface area contributed by atoms with E-state index in [4.69, 9.17) is 18.7 Å². The lowest BCUT2D eigenvalue weighted by Gasteiger charge is -2.05. The number of esters is 1. The Bertz CT molecular complexity index is 876. The molecule has 134 valence electrons. The average molecular weight is 357 g/mol. The van der Waals surface area contributed by atoms with Gasteiger partial charge in [0, 0.05) is 11.6 Å². The van der Waals surface area contributed by atoms with E-state index in [9.17, 15) is 9.18 Å². The Labute approximate surface area is 149 Å². The highest BCUT2D eigenvalue weighted by Crippen LogP contribution is 2.24. The van der Waals surface area contributed by atoms with Gasteiger partial charge in [-0.1, -0.05) is 17.3 Å². The molecule has 6 nitrogen and oxygen atoms in total. The monoisotopic (exact) mass is 357 g/mol. The van der Waals surface area contributed by atoms with Gasteiger partial charge in [-0.15, -0.1) is 0 Å². The van der Waals surface area contributed by atoms with Crippen molar-refractivity contribution in [2.45, 2.75) is 6.61 Å². The number of carbonyl (C=O) groups is 1. The van der Waals surface area contributed by atoms with E-state index < -0.39 is 5.97 Å². The van der Waals surface area contributed by atoms with Crippen LogP contribution in [0.3, 0.4) is 0 Å². The summed E-state index contributed by atoms with van der Waals surface area (Å²) in [4.78, 5) is 11.7. The number of halogens is 1. The molecule has 7 heteroatoms. The van der Waals surface area contributed by atoms with E-state index >= 15 is 0 Å². The summed E-state index contributed by atoms with van der Waals surface area (Å²) < 4.78 is 33.5. The summed E-state index contributed by atoms with van der Waals surface area (Å²) in [6.07, 6.45) is 0. The van der Waals surface area contributed by atoms with E-state index in [1.54, 1.807) is 13.2 Å². The summed E-state index contributed by atoms with van der Waals surface area (Å²) in [6, 6.07) is 14.4. The molecule has 3 rings (SSSR count). The van der Waals surface area contributed by atoms with Gasteiger partial charge in [0.25, 0.3) is 0 Å². The third-order valence-electron chi connectivity index (χ3n) is 3.46. The van der Waals surface area contributed by atoms with Crippen molar-refractivity contribution in [2.75, 3.05) is 13.7 Å². The summed E-state index contributed by atoms with van der Waals surface area (Å²) in [6.45, 7) is -0.328. The fourth-order valence-corrected chi connectivity index (χ4v) is 2.16. The van der Waals surface area contributed by atoms with Crippen LogP contribution >= 0.6 is 0 Å². The molecule has 0 spiro atoms. The molecule has 0 bridgehead atoms.